The smallest absolute Gasteiger partial charge is 0.274 e. The number of rotatable bonds is 3. The second-order valence-corrected chi connectivity index (χ2v) is 4.10. The van der Waals surface area contributed by atoms with Crippen molar-refractivity contribution in [1.29, 1.82) is 0 Å². The Morgan fingerprint density at radius 2 is 2.29 bits per heavy atom. The van der Waals surface area contributed by atoms with Crippen molar-refractivity contribution in [2.75, 3.05) is 19.3 Å². The Hall–Kier alpha value is -2.04. The molecule has 1 aromatic heterocycles. The topological polar surface area (TPSA) is 75.0 Å². The van der Waals surface area contributed by atoms with Crippen molar-refractivity contribution in [3.8, 4) is 0 Å². The number of nitrogens with two attached hydrogens (primary N) is 1. The average Bonchev–Trinajstić information content (AvgIpc) is 2.71. The summed E-state index contributed by atoms with van der Waals surface area (Å²) in [4.78, 5) is 13.8. The second kappa shape index (κ2) is 4.45. The van der Waals surface area contributed by atoms with Gasteiger partial charge in [0.25, 0.3) is 5.91 Å². The summed E-state index contributed by atoms with van der Waals surface area (Å²) in [5.74, 6) is -0.0799. The molecule has 2 rings (SSSR count). The van der Waals surface area contributed by atoms with Crippen molar-refractivity contribution >= 4 is 22.5 Å². The van der Waals surface area contributed by atoms with E-state index in [4.69, 9.17) is 5.73 Å². The van der Waals surface area contributed by atoms with Crippen LogP contribution in [0.15, 0.2) is 18.2 Å². The van der Waals surface area contributed by atoms with Crippen molar-refractivity contribution in [3.05, 3.63) is 23.9 Å². The fourth-order valence-electron chi connectivity index (χ4n) is 1.81. The summed E-state index contributed by atoms with van der Waals surface area (Å²) in [6, 6.07) is 5.38. The van der Waals surface area contributed by atoms with E-state index < -0.39 is 0 Å². The molecule has 0 atom stereocenters. The number of nitrogen functional groups attached to an aromatic ring is 1. The van der Waals surface area contributed by atoms with Gasteiger partial charge in [-0.25, -0.2) is 0 Å². The molecule has 5 nitrogen and oxygen atoms in total. The van der Waals surface area contributed by atoms with Gasteiger partial charge in [0.2, 0.25) is 0 Å². The molecule has 0 saturated carbocycles. The van der Waals surface area contributed by atoms with Gasteiger partial charge >= 0.3 is 0 Å². The number of aromatic nitrogens is 2. The predicted octanol–water partition coefficient (Wildman–Crippen LogP) is 1.63. The van der Waals surface area contributed by atoms with E-state index in [1.807, 2.05) is 13.0 Å². The Labute approximate surface area is 99.6 Å². The first-order chi connectivity index (χ1) is 8.13. The highest BCUT2D eigenvalue weighted by Gasteiger charge is 2.17. The maximum absolute atomic E-state index is 12.1. The number of carbonyl (C=O) groups is 1. The van der Waals surface area contributed by atoms with Crippen LogP contribution in [0.1, 0.15) is 23.8 Å². The number of fused-ring (bicyclic) bond motifs is 1. The largest absolute Gasteiger partial charge is 0.399 e. The Morgan fingerprint density at radius 1 is 1.53 bits per heavy atom. The third kappa shape index (κ3) is 2.08. The first kappa shape index (κ1) is 11.4. The molecule has 1 heterocycles. The zero-order valence-corrected chi connectivity index (χ0v) is 10.0. The number of aromatic amines is 1. The maximum atomic E-state index is 12.1. The molecule has 0 fully saturated rings. The maximum Gasteiger partial charge on any atom is 0.274 e. The fraction of sp³-hybridized carbons (Fsp3) is 0.333. The van der Waals surface area contributed by atoms with Gasteiger partial charge in [0.05, 0.1) is 5.52 Å². The van der Waals surface area contributed by atoms with Crippen molar-refractivity contribution in [2.24, 2.45) is 0 Å². The number of nitrogens with zero attached hydrogens (tertiary/aromatic N) is 2. The number of hydrogen-bond donors (Lipinski definition) is 2. The van der Waals surface area contributed by atoms with Crippen LogP contribution in [0.3, 0.4) is 0 Å². The number of benzene rings is 1. The van der Waals surface area contributed by atoms with Gasteiger partial charge in [-0.15, -0.1) is 0 Å². The van der Waals surface area contributed by atoms with Crippen LogP contribution in [0.25, 0.3) is 10.9 Å². The van der Waals surface area contributed by atoms with Crippen LogP contribution in [-0.2, 0) is 0 Å². The SMILES string of the molecule is CCCN(C)C(=O)c1n[nH]c2ccc(N)cc12. The summed E-state index contributed by atoms with van der Waals surface area (Å²) >= 11 is 0. The van der Waals surface area contributed by atoms with Gasteiger partial charge in [-0.3, -0.25) is 9.89 Å². The quantitative estimate of drug-likeness (QED) is 0.790. The minimum absolute atomic E-state index is 0.0799. The minimum Gasteiger partial charge on any atom is -0.399 e. The molecule has 2 aromatic rings. The number of hydrogen-bond acceptors (Lipinski definition) is 3. The third-order valence-electron chi connectivity index (χ3n) is 2.70. The van der Waals surface area contributed by atoms with E-state index >= 15 is 0 Å². The number of carbonyl (C=O) groups excluding carboxylic acids is 1. The molecule has 0 radical (unpaired) electrons. The third-order valence-corrected chi connectivity index (χ3v) is 2.70. The van der Waals surface area contributed by atoms with E-state index in [0.29, 0.717) is 11.4 Å². The molecule has 0 aliphatic carbocycles. The number of H-pyrrole nitrogens is 1. The summed E-state index contributed by atoms with van der Waals surface area (Å²) in [5, 5.41) is 7.68. The molecule has 17 heavy (non-hydrogen) atoms. The van der Waals surface area contributed by atoms with Crippen LogP contribution in [-0.4, -0.2) is 34.6 Å². The zero-order valence-electron chi connectivity index (χ0n) is 10.0. The van der Waals surface area contributed by atoms with E-state index in [0.717, 1.165) is 23.9 Å². The van der Waals surface area contributed by atoms with Crippen LogP contribution in [0.2, 0.25) is 0 Å². The van der Waals surface area contributed by atoms with Gasteiger partial charge in [-0.05, 0) is 24.6 Å². The van der Waals surface area contributed by atoms with E-state index in [2.05, 4.69) is 10.2 Å². The van der Waals surface area contributed by atoms with Crippen LogP contribution in [0.5, 0.6) is 0 Å². The monoisotopic (exact) mass is 232 g/mol. The summed E-state index contributed by atoms with van der Waals surface area (Å²) in [6.45, 7) is 2.75. The summed E-state index contributed by atoms with van der Waals surface area (Å²) < 4.78 is 0. The van der Waals surface area contributed by atoms with E-state index in [1.165, 1.54) is 0 Å². The van der Waals surface area contributed by atoms with Crippen LogP contribution >= 0.6 is 0 Å². The highest BCUT2D eigenvalue weighted by molar-refractivity contribution is 6.05. The summed E-state index contributed by atoms with van der Waals surface area (Å²) in [7, 11) is 1.78. The van der Waals surface area contributed by atoms with Gasteiger partial charge in [-0.2, -0.15) is 5.10 Å². The molecule has 0 unspecified atom stereocenters. The lowest BCUT2D eigenvalue weighted by molar-refractivity contribution is 0.0791. The first-order valence-corrected chi connectivity index (χ1v) is 5.62. The van der Waals surface area contributed by atoms with Gasteiger partial charge in [0.1, 0.15) is 0 Å². The van der Waals surface area contributed by atoms with Gasteiger partial charge in [0.15, 0.2) is 5.69 Å². The van der Waals surface area contributed by atoms with Crippen molar-refractivity contribution in [2.45, 2.75) is 13.3 Å². The minimum atomic E-state index is -0.0799. The first-order valence-electron chi connectivity index (χ1n) is 5.62. The molecule has 0 spiro atoms. The van der Waals surface area contributed by atoms with E-state index in [1.54, 1.807) is 24.1 Å². The molecule has 5 heteroatoms. The van der Waals surface area contributed by atoms with Gasteiger partial charge in [0, 0.05) is 24.7 Å². The van der Waals surface area contributed by atoms with Gasteiger partial charge in [-0.1, -0.05) is 6.92 Å². The molecule has 0 aliphatic rings. The van der Waals surface area contributed by atoms with Crippen molar-refractivity contribution in [1.82, 2.24) is 15.1 Å². The van der Waals surface area contributed by atoms with E-state index in [9.17, 15) is 4.79 Å². The predicted molar refractivity (Wildman–Crippen MR) is 67.8 cm³/mol. The van der Waals surface area contributed by atoms with Crippen molar-refractivity contribution < 1.29 is 4.79 Å². The lowest BCUT2D eigenvalue weighted by Crippen LogP contribution is -2.27. The molecule has 3 N–H and O–H groups in total. The fourth-order valence-corrected chi connectivity index (χ4v) is 1.81. The normalized spacial score (nSPS) is 10.7. The molecule has 0 bridgehead atoms. The lowest BCUT2D eigenvalue weighted by atomic mass is 10.2. The molecule has 1 amide bonds. The number of amides is 1. The average molecular weight is 232 g/mol. The number of nitrogens with one attached hydrogen (secondary N) is 1. The lowest BCUT2D eigenvalue weighted by Gasteiger charge is -2.14. The molecule has 0 aliphatic heterocycles. The Bertz CT molecular complexity index is 546. The van der Waals surface area contributed by atoms with E-state index in [-0.39, 0.29) is 5.91 Å². The van der Waals surface area contributed by atoms with Gasteiger partial charge < -0.3 is 10.6 Å². The highest BCUT2D eigenvalue weighted by atomic mass is 16.2. The zero-order chi connectivity index (χ0) is 12.4. The second-order valence-electron chi connectivity index (χ2n) is 4.10. The molecule has 1 aromatic carbocycles. The van der Waals surface area contributed by atoms with Crippen LogP contribution < -0.4 is 5.73 Å². The summed E-state index contributed by atoms with van der Waals surface area (Å²) in [5.41, 5.74) is 7.61. The molecule has 0 saturated heterocycles. The molecular weight excluding hydrogens is 216 g/mol. The Morgan fingerprint density at radius 3 is 3.00 bits per heavy atom. The molecular formula is C12H16N4O. The summed E-state index contributed by atoms with van der Waals surface area (Å²) in [6.07, 6.45) is 0.923. The Kier molecular flexibility index (Phi) is 2.99. The van der Waals surface area contributed by atoms with Crippen molar-refractivity contribution in [3.63, 3.8) is 0 Å². The van der Waals surface area contributed by atoms with Crippen LogP contribution in [0.4, 0.5) is 5.69 Å². The van der Waals surface area contributed by atoms with Crippen LogP contribution in [0, 0.1) is 0 Å². The Balaban J connectivity index is 2.41. The standard InChI is InChI=1S/C12H16N4O/c1-3-6-16(2)12(17)11-9-7-8(13)4-5-10(9)14-15-11/h4-5,7H,3,6,13H2,1-2H3,(H,14,15). The highest BCUT2D eigenvalue weighted by Crippen LogP contribution is 2.19. The molecule has 90 valence electrons. The number of anilines is 1.